The number of rotatable bonds is 7. The van der Waals surface area contributed by atoms with Crippen LogP contribution in [-0.4, -0.2) is 11.3 Å². The average Bonchev–Trinajstić information content (AvgIpc) is 2.33. The Morgan fingerprint density at radius 2 is 1.53 bits per heavy atom. The predicted octanol–water partition coefficient (Wildman–Crippen LogP) is 5.45. The molecule has 0 saturated carbocycles. The zero-order chi connectivity index (χ0) is 14.4. The normalized spacial score (nSPS) is 16.1. The van der Waals surface area contributed by atoms with Gasteiger partial charge in [0.15, 0.2) is 0 Å². The molecule has 0 aromatic heterocycles. The van der Waals surface area contributed by atoms with Crippen LogP contribution in [0.25, 0.3) is 0 Å². The summed E-state index contributed by atoms with van der Waals surface area (Å²) < 4.78 is 27.2. The van der Waals surface area contributed by atoms with Crippen LogP contribution in [0.1, 0.15) is 53.4 Å². The van der Waals surface area contributed by atoms with Gasteiger partial charge in [-0.2, -0.15) is 0 Å². The van der Waals surface area contributed by atoms with Crippen molar-refractivity contribution in [3.05, 3.63) is 29.8 Å². The largest absolute Gasteiger partial charge is 0.207 e. The molecule has 0 bridgehead atoms. The molecule has 0 fully saturated rings. The fraction of sp³-hybridized carbons (Fsp3) is 0.625. The molecule has 0 N–H and O–H groups in total. The maximum absolute atomic E-state index is 14.1. The number of benzene rings is 1. The Hall–Kier alpha value is -0.490. The first-order valence-electron chi connectivity index (χ1n) is 7.24. The zero-order valence-electron chi connectivity index (χ0n) is 12.4. The molecule has 19 heavy (non-hydrogen) atoms. The lowest BCUT2D eigenvalue weighted by Gasteiger charge is -2.31. The fourth-order valence-electron chi connectivity index (χ4n) is 2.71. The van der Waals surface area contributed by atoms with Crippen LogP contribution in [0.2, 0.25) is 0 Å². The van der Waals surface area contributed by atoms with E-state index < -0.39 is 13.7 Å². The summed E-state index contributed by atoms with van der Waals surface area (Å²) in [6, 6.07) is 4.09. The number of hydrogen-bond acceptors (Lipinski definition) is 0. The third kappa shape index (κ3) is 4.53. The van der Waals surface area contributed by atoms with E-state index in [0.29, 0.717) is 11.3 Å². The van der Waals surface area contributed by atoms with Crippen molar-refractivity contribution in [1.82, 2.24) is 0 Å². The predicted molar refractivity (Wildman–Crippen MR) is 81.7 cm³/mol. The summed E-state index contributed by atoms with van der Waals surface area (Å²) in [5.74, 6) is -0.848. The monoisotopic (exact) mass is 286 g/mol. The highest BCUT2D eigenvalue weighted by Crippen LogP contribution is 2.49. The van der Waals surface area contributed by atoms with Gasteiger partial charge in [-0.1, -0.05) is 48.5 Å². The average molecular weight is 286 g/mol. The van der Waals surface area contributed by atoms with E-state index in [1.165, 1.54) is 6.07 Å². The number of halogens is 2. The number of hydrogen-bond donors (Lipinski definition) is 0. The van der Waals surface area contributed by atoms with Crippen LogP contribution in [0.15, 0.2) is 18.2 Å². The van der Waals surface area contributed by atoms with Gasteiger partial charge in [-0.3, -0.25) is 0 Å². The summed E-state index contributed by atoms with van der Waals surface area (Å²) in [4.78, 5) is 0. The van der Waals surface area contributed by atoms with Crippen molar-refractivity contribution in [1.29, 1.82) is 0 Å². The summed E-state index contributed by atoms with van der Waals surface area (Å²) in [6.07, 6.45) is 4.44. The molecule has 0 aliphatic rings. The minimum atomic E-state index is -0.565. The van der Waals surface area contributed by atoms with Crippen LogP contribution in [0.3, 0.4) is 0 Å². The van der Waals surface area contributed by atoms with Crippen molar-refractivity contribution in [3.8, 4) is 0 Å². The summed E-state index contributed by atoms with van der Waals surface area (Å²) in [7, 11) is -0.565. The Morgan fingerprint density at radius 3 is 1.95 bits per heavy atom. The molecular formula is C16H25F2P. The molecule has 1 aromatic rings. The molecule has 0 aliphatic heterocycles. The highest BCUT2D eigenvalue weighted by molar-refractivity contribution is 7.67. The third-order valence-electron chi connectivity index (χ3n) is 3.55. The molecule has 2 unspecified atom stereocenters. The topological polar surface area (TPSA) is 0 Å². The second-order valence-electron chi connectivity index (χ2n) is 5.28. The van der Waals surface area contributed by atoms with Crippen LogP contribution in [-0.2, 0) is 0 Å². The lowest BCUT2D eigenvalue weighted by molar-refractivity contribution is 0.588. The summed E-state index contributed by atoms with van der Waals surface area (Å²) in [5, 5.41) is 0.748. The first-order valence-corrected chi connectivity index (χ1v) is 8.72. The van der Waals surface area contributed by atoms with Crippen molar-refractivity contribution in [3.63, 3.8) is 0 Å². The van der Waals surface area contributed by atoms with Crippen LogP contribution < -0.4 is 5.30 Å². The Kier molecular flexibility index (Phi) is 6.93. The first kappa shape index (κ1) is 16.6. The van der Waals surface area contributed by atoms with E-state index in [1.807, 2.05) is 0 Å². The molecule has 108 valence electrons. The zero-order valence-corrected chi connectivity index (χ0v) is 13.3. The van der Waals surface area contributed by atoms with Gasteiger partial charge >= 0.3 is 0 Å². The second kappa shape index (κ2) is 7.94. The Balaban J connectivity index is 3.07. The van der Waals surface area contributed by atoms with Crippen molar-refractivity contribution >= 4 is 13.2 Å². The minimum Gasteiger partial charge on any atom is -0.207 e. The molecule has 3 heteroatoms. The van der Waals surface area contributed by atoms with Gasteiger partial charge in [0.2, 0.25) is 0 Å². The molecule has 0 radical (unpaired) electrons. The van der Waals surface area contributed by atoms with Gasteiger partial charge in [-0.05, 0) is 36.3 Å². The molecule has 0 heterocycles. The van der Waals surface area contributed by atoms with Gasteiger partial charge in [0.1, 0.15) is 11.6 Å². The van der Waals surface area contributed by atoms with Crippen molar-refractivity contribution in [2.45, 2.75) is 64.7 Å². The molecule has 1 aromatic carbocycles. The van der Waals surface area contributed by atoms with E-state index >= 15 is 0 Å². The molecule has 2 atom stereocenters. The van der Waals surface area contributed by atoms with Gasteiger partial charge in [0.25, 0.3) is 0 Å². The van der Waals surface area contributed by atoms with E-state index in [1.54, 1.807) is 6.07 Å². The van der Waals surface area contributed by atoms with Gasteiger partial charge < -0.3 is 0 Å². The lowest BCUT2D eigenvalue weighted by atomic mass is 10.3. The molecular weight excluding hydrogens is 261 g/mol. The quantitative estimate of drug-likeness (QED) is 0.585. The minimum absolute atomic E-state index is 0.364. The highest BCUT2D eigenvalue weighted by Gasteiger charge is 2.26. The van der Waals surface area contributed by atoms with Gasteiger partial charge in [-0.25, -0.2) is 8.78 Å². The molecule has 1 rings (SSSR count). The molecule has 0 amide bonds. The highest BCUT2D eigenvalue weighted by atomic mass is 31.1. The summed E-state index contributed by atoms with van der Waals surface area (Å²) in [6.45, 7) is 8.75. The van der Waals surface area contributed by atoms with Crippen LogP contribution in [0.4, 0.5) is 8.78 Å². The van der Waals surface area contributed by atoms with Crippen molar-refractivity contribution in [2.75, 3.05) is 0 Å². The van der Waals surface area contributed by atoms with Crippen molar-refractivity contribution < 1.29 is 8.78 Å². The standard InChI is InChI=1S/C16H25F2P/c1-5-7-12(3)19(13(4)8-6-2)16-10-9-14(17)11-15(16)18/h9-13H,5-8H2,1-4H3. The van der Waals surface area contributed by atoms with E-state index in [4.69, 9.17) is 0 Å². The van der Waals surface area contributed by atoms with Crippen LogP contribution in [0.5, 0.6) is 0 Å². The van der Waals surface area contributed by atoms with E-state index in [2.05, 4.69) is 27.7 Å². The van der Waals surface area contributed by atoms with Gasteiger partial charge in [-0.15, -0.1) is 0 Å². The van der Waals surface area contributed by atoms with Crippen LogP contribution in [0, 0.1) is 11.6 Å². The van der Waals surface area contributed by atoms with Crippen molar-refractivity contribution in [2.24, 2.45) is 0 Å². The molecule has 0 nitrogen and oxygen atoms in total. The Labute approximate surface area is 117 Å². The Bertz CT molecular complexity index is 380. The van der Waals surface area contributed by atoms with E-state index in [-0.39, 0.29) is 5.82 Å². The molecule has 0 spiro atoms. The summed E-state index contributed by atoms with van der Waals surface area (Å²) in [5.41, 5.74) is 0.975. The first-order chi connectivity index (χ1) is 9.01. The third-order valence-corrected chi connectivity index (χ3v) is 6.89. The van der Waals surface area contributed by atoms with Gasteiger partial charge in [0.05, 0.1) is 0 Å². The maximum Gasteiger partial charge on any atom is 0.133 e. The van der Waals surface area contributed by atoms with Gasteiger partial charge in [0, 0.05) is 11.4 Å². The maximum atomic E-state index is 14.1. The molecule has 0 saturated heterocycles. The van der Waals surface area contributed by atoms with E-state index in [0.717, 1.165) is 37.1 Å². The summed E-state index contributed by atoms with van der Waals surface area (Å²) >= 11 is 0. The molecule has 0 aliphatic carbocycles. The fourth-order valence-corrected chi connectivity index (χ4v) is 6.16. The lowest BCUT2D eigenvalue weighted by Crippen LogP contribution is -2.21. The Morgan fingerprint density at radius 1 is 1.00 bits per heavy atom. The van der Waals surface area contributed by atoms with E-state index in [9.17, 15) is 8.78 Å². The SMILES string of the molecule is CCCC(C)P(c1ccc(F)cc1F)C(C)CCC. The second-order valence-corrected chi connectivity index (χ2v) is 8.34. The smallest absolute Gasteiger partial charge is 0.133 e. The van der Waals surface area contributed by atoms with Crippen LogP contribution >= 0.6 is 7.92 Å².